The van der Waals surface area contributed by atoms with Crippen LogP contribution < -0.4 is 5.32 Å². The number of aromatic nitrogens is 1. The molecule has 168 valence electrons. The average molecular weight is 437 g/mol. The third kappa shape index (κ3) is 5.97. The third-order valence-electron chi connectivity index (χ3n) is 4.58. The molecule has 7 nitrogen and oxygen atoms in total. The maximum atomic E-state index is 12.2. The Morgan fingerprint density at radius 1 is 0.969 bits per heavy atom. The summed E-state index contributed by atoms with van der Waals surface area (Å²) in [6, 6.07) is 15.5. The average Bonchev–Trinajstić information content (AvgIpc) is 3.07. The second-order valence-corrected chi connectivity index (χ2v) is 8.36. The Hall–Kier alpha value is -3.61. The zero-order chi connectivity index (χ0) is 23.3. The Morgan fingerprint density at radius 2 is 1.53 bits per heavy atom. The minimum atomic E-state index is -0.608. The molecule has 0 unspecified atom stereocenters. The standard InChI is InChI=1S/C25H28N2O5/c1-6-30-21(28)15-17-7-9-18(10-8-17)19-11-13-20(14-12-19)23-22(16(2)27-32-23)26-24(29)31-25(3,4)5/h7-14H,6,15H2,1-5H3,(H,26,29). The largest absolute Gasteiger partial charge is 0.466 e. The number of hydrogen-bond donors (Lipinski definition) is 1. The van der Waals surface area contributed by atoms with Crippen molar-refractivity contribution in [3.05, 3.63) is 59.8 Å². The Bertz CT molecular complexity index is 1080. The van der Waals surface area contributed by atoms with E-state index in [-0.39, 0.29) is 12.4 Å². The molecule has 0 aliphatic carbocycles. The zero-order valence-electron chi connectivity index (χ0n) is 19.0. The maximum Gasteiger partial charge on any atom is 0.412 e. The number of carbonyl (C=O) groups excluding carboxylic acids is 2. The molecule has 1 N–H and O–H groups in total. The molecule has 0 saturated carbocycles. The smallest absolute Gasteiger partial charge is 0.412 e. The first-order valence-electron chi connectivity index (χ1n) is 10.5. The molecule has 0 spiro atoms. The number of esters is 1. The molecule has 0 saturated heterocycles. The van der Waals surface area contributed by atoms with Gasteiger partial charge < -0.3 is 14.0 Å². The molecule has 0 atom stereocenters. The molecule has 32 heavy (non-hydrogen) atoms. The first kappa shape index (κ1) is 23.1. The van der Waals surface area contributed by atoms with Crippen molar-refractivity contribution in [2.75, 3.05) is 11.9 Å². The first-order valence-corrected chi connectivity index (χ1v) is 10.5. The van der Waals surface area contributed by atoms with Gasteiger partial charge in [-0.3, -0.25) is 10.1 Å². The van der Waals surface area contributed by atoms with E-state index in [1.54, 1.807) is 34.6 Å². The fraction of sp³-hybridized carbons (Fsp3) is 0.320. The molecule has 3 aromatic rings. The van der Waals surface area contributed by atoms with Gasteiger partial charge in [0.2, 0.25) is 0 Å². The van der Waals surface area contributed by atoms with Crippen LogP contribution in [0.5, 0.6) is 0 Å². The molecule has 1 heterocycles. The predicted molar refractivity (Wildman–Crippen MR) is 122 cm³/mol. The van der Waals surface area contributed by atoms with Crippen molar-refractivity contribution in [1.29, 1.82) is 0 Å². The van der Waals surface area contributed by atoms with Gasteiger partial charge in [0.1, 0.15) is 17.0 Å². The highest BCUT2D eigenvalue weighted by Gasteiger charge is 2.21. The number of anilines is 1. The van der Waals surface area contributed by atoms with Crippen LogP contribution in [-0.2, 0) is 20.7 Å². The number of aryl methyl sites for hydroxylation is 1. The number of hydrogen-bond acceptors (Lipinski definition) is 6. The number of rotatable bonds is 6. The number of nitrogens with zero attached hydrogens (tertiary/aromatic N) is 1. The SMILES string of the molecule is CCOC(=O)Cc1ccc(-c2ccc(-c3onc(C)c3NC(=O)OC(C)(C)C)cc2)cc1. The van der Waals surface area contributed by atoms with Crippen molar-refractivity contribution in [2.24, 2.45) is 0 Å². The van der Waals surface area contributed by atoms with Gasteiger partial charge in [-0.2, -0.15) is 0 Å². The molecular weight excluding hydrogens is 408 g/mol. The van der Waals surface area contributed by atoms with Gasteiger partial charge in [0.05, 0.1) is 13.0 Å². The summed E-state index contributed by atoms with van der Waals surface area (Å²) in [5, 5.41) is 6.72. The zero-order valence-corrected chi connectivity index (χ0v) is 19.0. The van der Waals surface area contributed by atoms with Crippen molar-refractivity contribution in [3.8, 4) is 22.5 Å². The van der Waals surface area contributed by atoms with Crippen LogP contribution in [0.3, 0.4) is 0 Å². The molecule has 0 bridgehead atoms. The van der Waals surface area contributed by atoms with E-state index in [0.29, 0.717) is 23.7 Å². The summed E-state index contributed by atoms with van der Waals surface area (Å²) in [4.78, 5) is 23.8. The van der Waals surface area contributed by atoms with Crippen LogP contribution in [0.4, 0.5) is 10.5 Å². The molecule has 3 rings (SSSR count). The lowest BCUT2D eigenvalue weighted by Crippen LogP contribution is -2.27. The van der Waals surface area contributed by atoms with E-state index in [2.05, 4.69) is 10.5 Å². The molecule has 0 radical (unpaired) electrons. The molecular formula is C25H28N2O5. The van der Waals surface area contributed by atoms with Crippen LogP contribution >= 0.6 is 0 Å². The van der Waals surface area contributed by atoms with Crippen molar-refractivity contribution >= 4 is 17.7 Å². The Labute approximate surface area is 187 Å². The number of nitrogens with one attached hydrogen (secondary N) is 1. The van der Waals surface area contributed by atoms with Crippen LogP contribution in [0.15, 0.2) is 53.1 Å². The van der Waals surface area contributed by atoms with Gasteiger partial charge in [0, 0.05) is 5.56 Å². The molecule has 7 heteroatoms. The summed E-state index contributed by atoms with van der Waals surface area (Å²) >= 11 is 0. The van der Waals surface area contributed by atoms with Gasteiger partial charge in [-0.25, -0.2) is 4.79 Å². The van der Waals surface area contributed by atoms with Crippen LogP contribution in [0.25, 0.3) is 22.5 Å². The summed E-state index contributed by atoms with van der Waals surface area (Å²) in [7, 11) is 0. The number of amides is 1. The van der Waals surface area contributed by atoms with Gasteiger partial charge >= 0.3 is 12.1 Å². The number of carbonyl (C=O) groups is 2. The van der Waals surface area contributed by atoms with Crippen molar-refractivity contribution < 1.29 is 23.6 Å². The molecule has 1 aromatic heterocycles. The summed E-state index contributed by atoms with van der Waals surface area (Å²) in [6.07, 6.45) is -0.310. The molecule has 1 amide bonds. The molecule has 0 fully saturated rings. The fourth-order valence-corrected chi connectivity index (χ4v) is 3.13. The highest BCUT2D eigenvalue weighted by Crippen LogP contribution is 2.33. The first-order chi connectivity index (χ1) is 15.2. The van der Waals surface area contributed by atoms with Gasteiger partial charge in [-0.15, -0.1) is 0 Å². The second-order valence-electron chi connectivity index (χ2n) is 8.36. The molecule has 0 aliphatic heterocycles. The third-order valence-corrected chi connectivity index (χ3v) is 4.58. The van der Waals surface area contributed by atoms with Gasteiger partial charge in [-0.05, 0) is 51.3 Å². The number of ether oxygens (including phenoxy) is 2. The highest BCUT2D eigenvalue weighted by molar-refractivity contribution is 5.91. The Balaban J connectivity index is 1.75. The minimum absolute atomic E-state index is 0.234. The minimum Gasteiger partial charge on any atom is -0.466 e. The highest BCUT2D eigenvalue weighted by atomic mass is 16.6. The lowest BCUT2D eigenvalue weighted by Gasteiger charge is -2.19. The summed E-state index contributed by atoms with van der Waals surface area (Å²) in [5.41, 5.74) is 4.14. The lowest BCUT2D eigenvalue weighted by molar-refractivity contribution is -0.142. The van der Waals surface area contributed by atoms with E-state index < -0.39 is 11.7 Å². The Kier molecular flexibility index (Phi) is 6.98. The number of benzene rings is 2. The van der Waals surface area contributed by atoms with Gasteiger partial charge in [-0.1, -0.05) is 53.7 Å². The summed E-state index contributed by atoms with van der Waals surface area (Å²) in [5.74, 6) is 0.229. The fourth-order valence-electron chi connectivity index (χ4n) is 3.13. The molecule has 0 aliphatic rings. The van der Waals surface area contributed by atoms with E-state index in [1.165, 1.54) is 0 Å². The molecule has 2 aromatic carbocycles. The van der Waals surface area contributed by atoms with Crippen molar-refractivity contribution in [3.63, 3.8) is 0 Å². The maximum absolute atomic E-state index is 12.2. The van der Waals surface area contributed by atoms with Crippen molar-refractivity contribution in [2.45, 2.75) is 46.6 Å². The van der Waals surface area contributed by atoms with E-state index in [9.17, 15) is 9.59 Å². The van der Waals surface area contributed by atoms with Crippen molar-refractivity contribution in [1.82, 2.24) is 5.16 Å². The van der Waals surface area contributed by atoms with E-state index >= 15 is 0 Å². The van der Waals surface area contributed by atoms with E-state index in [1.807, 2.05) is 48.5 Å². The van der Waals surface area contributed by atoms with Crippen LogP contribution in [0.2, 0.25) is 0 Å². The monoisotopic (exact) mass is 436 g/mol. The van der Waals surface area contributed by atoms with Crippen LogP contribution in [0.1, 0.15) is 39.0 Å². The predicted octanol–water partition coefficient (Wildman–Crippen LogP) is 5.77. The topological polar surface area (TPSA) is 90.7 Å². The lowest BCUT2D eigenvalue weighted by atomic mass is 10.0. The second kappa shape index (κ2) is 9.68. The van der Waals surface area contributed by atoms with E-state index in [4.69, 9.17) is 14.0 Å². The van der Waals surface area contributed by atoms with Gasteiger partial charge in [0.15, 0.2) is 5.76 Å². The van der Waals surface area contributed by atoms with Crippen LogP contribution in [-0.4, -0.2) is 29.4 Å². The van der Waals surface area contributed by atoms with E-state index in [0.717, 1.165) is 22.3 Å². The van der Waals surface area contributed by atoms with Crippen LogP contribution in [0, 0.1) is 6.92 Å². The Morgan fingerprint density at radius 3 is 2.09 bits per heavy atom. The normalized spacial score (nSPS) is 11.2. The summed E-state index contributed by atoms with van der Waals surface area (Å²) < 4.78 is 15.8. The quantitative estimate of drug-likeness (QED) is 0.493. The van der Waals surface area contributed by atoms with Gasteiger partial charge in [0.25, 0.3) is 0 Å². The summed E-state index contributed by atoms with van der Waals surface area (Å²) in [6.45, 7) is 9.33.